The van der Waals surface area contributed by atoms with E-state index in [0.29, 0.717) is 31.9 Å². The molecule has 0 saturated heterocycles. The summed E-state index contributed by atoms with van der Waals surface area (Å²) in [5.74, 6) is -0.327. The third-order valence-corrected chi connectivity index (χ3v) is 2.75. The molecule has 0 radical (unpaired) electrons. The Balaban J connectivity index is 2.27. The molecule has 0 aliphatic rings. The van der Waals surface area contributed by atoms with E-state index in [-0.39, 0.29) is 18.2 Å². The summed E-state index contributed by atoms with van der Waals surface area (Å²) in [4.78, 5) is 10.7. The summed E-state index contributed by atoms with van der Waals surface area (Å²) in [6.07, 6.45) is 0.626. The number of aromatic carboxylic acids is 1. The number of aliphatic hydroxyl groups excluding tert-OH is 1. The molecule has 112 valence electrons. The number of carboxylic acids is 1. The molecule has 0 heterocycles. The van der Waals surface area contributed by atoms with Crippen LogP contribution in [0.1, 0.15) is 16.8 Å². The molecule has 6 nitrogen and oxygen atoms in total. The van der Waals surface area contributed by atoms with Gasteiger partial charge in [-0.3, -0.25) is 0 Å². The summed E-state index contributed by atoms with van der Waals surface area (Å²) in [6.45, 7) is 1.72. The fourth-order valence-corrected chi connectivity index (χ4v) is 1.73. The van der Waals surface area contributed by atoms with Crippen molar-refractivity contribution in [1.29, 1.82) is 0 Å². The second kappa shape index (κ2) is 9.30. The van der Waals surface area contributed by atoms with Crippen molar-refractivity contribution >= 4 is 5.97 Å². The Morgan fingerprint density at radius 1 is 1.35 bits per heavy atom. The second-order valence-corrected chi connectivity index (χ2v) is 4.30. The van der Waals surface area contributed by atoms with E-state index >= 15 is 0 Å². The number of nitrogens with one attached hydrogen (secondary N) is 1. The van der Waals surface area contributed by atoms with E-state index in [1.165, 1.54) is 12.1 Å². The number of aliphatic hydroxyl groups is 1. The molecule has 1 rings (SSSR count). The lowest BCUT2D eigenvalue weighted by atomic mass is 10.2. The summed E-state index contributed by atoms with van der Waals surface area (Å²) in [7, 11) is 1.62. The van der Waals surface area contributed by atoms with Crippen LogP contribution in [0.3, 0.4) is 0 Å². The molecule has 1 unspecified atom stereocenters. The van der Waals surface area contributed by atoms with Crippen molar-refractivity contribution in [2.24, 2.45) is 0 Å². The van der Waals surface area contributed by atoms with Gasteiger partial charge < -0.3 is 25.0 Å². The predicted octanol–water partition coefficient (Wildman–Crippen LogP) is 0.751. The van der Waals surface area contributed by atoms with E-state index in [1.807, 2.05) is 0 Å². The van der Waals surface area contributed by atoms with Crippen LogP contribution in [0.4, 0.5) is 0 Å². The normalized spacial score (nSPS) is 12.1. The number of hydrogen-bond acceptors (Lipinski definition) is 5. The molecule has 0 aliphatic carbocycles. The highest BCUT2D eigenvalue weighted by Crippen LogP contribution is 2.11. The monoisotopic (exact) mass is 283 g/mol. The number of methoxy groups -OCH3 is 1. The SMILES string of the molecule is COCC(CCO)NCCOc1ccc(C(=O)O)cc1. The van der Waals surface area contributed by atoms with Gasteiger partial charge in [0.1, 0.15) is 12.4 Å². The highest BCUT2D eigenvalue weighted by atomic mass is 16.5. The van der Waals surface area contributed by atoms with E-state index in [0.717, 1.165) is 0 Å². The molecule has 3 N–H and O–H groups in total. The minimum atomic E-state index is -0.954. The molecule has 1 aromatic rings. The second-order valence-electron chi connectivity index (χ2n) is 4.30. The van der Waals surface area contributed by atoms with Crippen LogP contribution >= 0.6 is 0 Å². The van der Waals surface area contributed by atoms with Gasteiger partial charge in [0.25, 0.3) is 0 Å². The highest BCUT2D eigenvalue weighted by Gasteiger charge is 2.06. The van der Waals surface area contributed by atoms with Crippen LogP contribution in [-0.4, -0.2) is 55.7 Å². The Morgan fingerprint density at radius 2 is 2.05 bits per heavy atom. The molecule has 1 atom stereocenters. The van der Waals surface area contributed by atoms with Crippen molar-refractivity contribution in [3.8, 4) is 5.75 Å². The van der Waals surface area contributed by atoms with E-state index in [4.69, 9.17) is 19.7 Å². The number of carbonyl (C=O) groups is 1. The van der Waals surface area contributed by atoms with Crippen molar-refractivity contribution in [3.05, 3.63) is 29.8 Å². The molecular formula is C14H21NO5. The molecule has 0 fully saturated rings. The maximum atomic E-state index is 10.7. The van der Waals surface area contributed by atoms with E-state index in [2.05, 4.69) is 5.32 Å². The first-order valence-corrected chi connectivity index (χ1v) is 6.46. The minimum absolute atomic E-state index is 0.1000. The number of rotatable bonds is 10. The predicted molar refractivity (Wildman–Crippen MR) is 74.3 cm³/mol. The van der Waals surface area contributed by atoms with Crippen LogP contribution in [0.2, 0.25) is 0 Å². The lowest BCUT2D eigenvalue weighted by Gasteiger charge is -2.16. The Hall–Kier alpha value is -1.63. The third kappa shape index (κ3) is 6.01. The Labute approximate surface area is 118 Å². The van der Waals surface area contributed by atoms with Gasteiger partial charge in [0.15, 0.2) is 0 Å². The minimum Gasteiger partial charge on any atom is -0.492 e. The zero-order chi connectivity index (χ0) is 14.8. The van der Waals surface area contributed by atoms with Crippen molar-refractivity contribution in [2.45, 2.75) is 12.5 Å². The Kier molecular flexibility index (Phi) is 7.64. The maximum absolute atomic E-state index is 10.7. The topological polar surface area (TPSA) is 88.0 Å². The van der Waals surface area contributed by atoms with Gasteiger partial charge in [-0.05, 0) is 30.7 Å². The quantitative estimate of drug-likeness (QED) is 0.549. The number of ether oxygens (including phenoxy) is 2. The zero-order valence-corrected chi connectivity index (χ0v) is 11.5. The summed E-state index contributed by atoms with van der Waals surface area (Å²) < 4.78 is 10.5. The van der Waals surface area contributed by atoms with Gasteiger partial charge in [-0.2, -0.15) is 0 Å². The van der Waals surface area contributed by atoms with Crippen LogP contribution in [0.25, 0.3) is 0 Å². The highest BCUT2D eigenvalue weighted by molar-refractivity contribution is 5.87. The van der Waals surface area contributed by atoms with Crippen molar-refractivity contribution in [2.75, 3.05) is 33.5 Å². The maximum Gasteiger partial charge on any atom is 0.335 e. The summed E-state index contributed by atoms with van der Waals surface area (Å²) in [5.41, 5.74) is 0.235. The van der Waals surface area contributed by atoms with Gasteiger partial charge in [-0.1, -0.05) is 0 Å². The van der Waals surface area contributed by atoms with Gasteiger partial charge in [0.05, 0.1) is 12.2 Å². The molecule has 0 aliphatic heterocycles. The van der Waals surface area contributed by atoms with Crippen LogP contribution in [-0.2, 0) is 4.74 Å². The molecule has 20 heavy (non-hydrogen) atoms. The van der Waals surface area contributed by atoms with E-state index in [9.17, 15) is 4.79 Å². The molecule has 6 heteroatoms. The largest absolute Gasteiger partial charge is 0.492 e. The van der Waals surface area contributed by atoms with Crippen LogP contribution in [0.5, 0.6) is 5.75 Å². The first-order chi connectivity index (χ1) is 9.67. The lowest BCUT2D eigenvalue weighted by Crippen LogP contribution is -2.36. The van der Waals surface area contributed by atoms with Crippen molar-refractivity contribution < 1.29 is 24.5 Å². The summed E-state index contributed by atoms with van der Waals surface area (Å²) >= 11 is 0. The third-order valence-electron chi connectivity index (χ3n) is 2.75. The van der Waals surface area contributed by atoms with Gasteiger partial charge >= 0.3 is 5.97 Å². The average molecular weight is 283 g/mol. The standard InChI is InChI=1S/C14H21NO5/c1-19-10-12(6-8-16)15-7-9-20-13-4-2-11(3-5-13)14(17)18/h2-5,12,15-16H,6-10H2,1H3,(H,17,18). The number of hydrogen-bond donors (Lipinski definition) is 3. The lowest BCUT2D eigenvalue weighted by molar-refractivity contribution is 0.0697. The molecule has 0 bridgehead atoms. The van der Waals surface area contributed by atoms with E-state index < -0.39 is 5.97 Å². The summed E-state index contributed by atoms with van der Waals surface area (Å²) in [6, 6.07) is 6.37. The van der Waals surface area contributed by atoms with Crippen LogP contribution < -0.4 is 10.1 Å². The van der Waals surface area contributed by atoms with Crippen molar-refractivity contribution in [3.63, 3.8) is 0 Å². The molecule has 0 saturated carbocycles. The molecular weight excluding hydrogens is 262 g/mol. The summed E-state index contributed by atoms with van der Waals surface area (Å²) in [5, 5.41) is 20.9. The fraction of sp³-hybridized carbons (Fsp3) is 0.500. The van der Waals surface area contributed by atoms with Crippen molar-refractivity contribution in [1.82, 2.24) is 5.32 Å². The first kappa shape index (κ1) is 16.4. The van der Waals surface area contributed by atoms with Crippen LogP contribution in [0, 0.1) is 0 Å². The van der Waals surface area contributed by atoms with Gasteiger partial charge in [-0.15, -0.1) is 0 Å². The van der Waals surface area contributed by atoms with Gasteiger partial charge in [0, 0.05) is 26.3 Å². The number of benzene rings is 1. The first-order valence-electron chi connectivity index (χ1n) is 6.46. The molecule has 0 spiro atoms. The Morgan fingerprint density at radius 3 is 2.60 bits per heavy atom. The van der Waals surface area contributed by atoms with E-state index in [1.54, 1.807) is 19.2 Å². The average Bonchev–Trinajstić information content (AvgIpc) is 2.44. The smallest absolute Gasteiger partial charge is 0.335 e. The molecule has 0 aromatic heterocycles. The molecule has 0 amide bonds. The van der Waals surface area contributed by atoms with Gasteiger partial charge in [-0.25, -0.2) is 4.79 Å². The van der Waals surface area contributed by atoms with Gasteiger partial charge in [0.2, 0.25) is 0 Å². The molecule has 1 aromatic carbocycles. The Bertz CT molecular complexity index is 387. The number of carboxylic acid groups (broad SMARTS) is 1. The fourth-order valence-electron chi connectivity index (χ4n) is 1.73. The van der Waals surface area contributed by atoms with Crippen LogP contribution in [0.15, 0.2) is 24.3 Å². The zero-order valence-electron chi connectivity index (χ0n) is 11.5.